The fraction of sp³-hybridized carbons (Fsp3) is 0.0909. The Morgan fingerprint density at radius 3 is 3.11 bits per heavy atom. The van der Waals surface area contributed by atoms with E-state index in [1.807, 2.05) is 0 Å². The van der Waals surface area contributed by atoms with Gasteiger partial charge in [-0.25, -0.2) is 0 Å². The van der Waals surface area contributed by atoms with Gasteiger partial charge in [-0.2, -0.15) is 9.36 Å². The third-order valence-corrected chi connectivity index (χ3v) is 3.22. The van der Waals surface area contributed by atoms with E-state index in [2.05, 4.69) is 24.9 Å². The zero-order valence-electron chi connectivity index (χ0n) is 9.88. The molecule has 0 aliphatic heterocycles. The Bertz CT molecular complexity index is 700. The molecule has 3 heterocycles. The first-order valence-electron chi connectivity index (χ1n) is 5.41. The first-order chi connectivity index (χ1) is 9.24. The molecule has 3 rings (SSSR count). The predicted molar refractivity (Wildman–Crippen MR) is 68.9 cm³/mol. The molecule has 0 saturated carbocycles. The van der Waals surface area contributed by atoms with Crippen LogP contribution in [0.5, 0.6) is 0 Å². The average molecular weight is 275 g/mol. The van der Waals surface area contributed by atoms with Crippen LogP contribution < -0.4 is 5.32 Å². The first kappa shape index (κ1) is 11.6. The maximum atomic E-state index is 11.9. The quantitative estimate of drug-likeness (QED) is 0.762. The maximum absolute atomic E-state index is 11.9. The van der Waals surface area contributed by atoms with E-state index < -0.39 is 0 Å². The highest BCUT2D eigenvalue weighted by atomic mass is 32.1. The Kier molecular flexibility index (Phi) is 2.84. The number of amides is 1. The second-order valence-corrected chi connectivity index (χ2v) is 4.42. The Morgan fingerprint density at radius 1 is 1.53 bits per heavy atom. The van der Waals surface area contributed by atoms with Crippen molar-refractivity contribution in [2.75, 3.05) is 5.32 Å². The summed E-state index contributed by atoms with van der Waals surface area (Å²) in [6.07, 6.45) is 3.08. The molecular weight excluding hydrogens is 266 g/mol. The van der Waals surface area contributed by atoms with Gasteiger partial charge in [0.05, 0.1) is 23.1 Å². The van der Waals surface area contributed by atoms with Crippen LogP contribution in [0.15, 0.2) is 28.4 Å². The Morgan fingerprint density at radius 2 is 2.42 bits per heavy atom. The first-order valence-corrected chi connectivity index (χ1v) is 6.25. The van der Waals surface area contributed by atoms with Crippen molar-refractivity contribution in [2.24, 2.45) is 0 Å². The molecule has 2 N–H and O–H groups in total. The summed E-state index contributed by atoms with van der Waals surface area (Å²) in [5.74, 6) is 0.472. The monoisotopic (exact) mass is 275 g/mol. The summed E-state index contributed by atoms with van der Waals surface area (Å²) >= 11 is 1.24. The summed E-state index contributed by atoms with van der Waals surface area (Å²) in [6, 6.07) is 1.75. The van der Waals surface area contributed by atoms with Crippen LogP contribution in [0.2, 0.25) is 0 Å². The number of carbonyl (C=O) groups excluding carboxylic acids is 1. The zero-order chi connectivity index (χ0) is 13.2. The van der Waals surface area contributed by atoms with Crippen LogP contribution in [0.25, 0.3) is 11.4 Å². The summed E-state index contributed by atoms with van der Waals surface area (Å²) in [5, 5.41) is 10.9. The van der Waals surface area contributed by atoms with Crippen molar-refractivity contribution in [3.05, 3.63) is 35.2 Å². The molecule has 0 aliphatic rings. The van der Waals surface area contributed by atoms with Gasteiger partial charge in [0, 0.05) is 5.38 Å². The summed E-state index contributed by atoms with van der Waals surface area (Å²) in [4.78, 5) is 16.1. The van der Waals surface area contributed by atoms with E-state index in [1.54, 1.807) is 24.6 Å². The Hall–Kier alpha value is -2.48. The number of nitrogens with zero attached hydrogens (tertiary/aromatic N) is 3. The zero-order valence-corrected chi connectivity index (χ0v) is 10.7. The molecule has 0 bridgehead atoms. The van der Waals surface area contributed by atoms with Crippen molar-refractivity contribution < 1.29 is 9.21 Å². The SMILES string of the molecule is Cc1nscc1C(=O)Nc1n[nH]c(-c2ccoc2)n1. The number of H-pyrrole nitrogens is 1. The van der Waals surface area contributed by atoms with Crippen LogP contribution >= 0.6 is 11.5 Å². The van der Waals surface area contributed by atoms with Crippen molar-refractivity contribution in [2.45, 2.75) is 6.92 Å². The largest absolute Gasteiger partial charge is 0.472 e. The van der Waals surface area contributed by atoms with E-state index in [-0.39, 0.29) is 11.9 Å². The lowest BCUT2D eigenvalue weighted by atomic mass is 10.2. The molecule has 19 heavy (non-hydrogen) atoms. The Labute approximate surface area is 111 Å². The molecule has 0 aromatic carbocycles. The fourth-order valence-electron chi connectivity index (χ4n) is 1.53. The maximum Gasteiger partial charge on any atom is 0.260 e. The van der Waals surface area contributed by atoms with E-state index in [9.17, 15) is 4.79 Å². The van der Waals surface area contributed by atoms with E-state index in [1.165, 1.54) is 17.8 Å². The van der Waals surface area contributed by atoms with Crippen LogP contribution in [0.3, 0.4) is 0 Å². The number of furan rings is 1. The number of anilines is 1. The number of aromatic nitrogens is 4. The number of hydrogen-bond acceptors (Lipinski definition) is 6. The number of nitrogens with one attached hydrogen (secondary N) is 2. The van der Waals surface area contributed by atoms with Crippen LogP contribution in [0.4, 0.5) is 5.95 Å². The van der Waals surface area contributed by atoms with Crippen molar-refractivity contribution in [1.29, 1.82) is 0 Å². The van der Waals surface area contributed by atoms with E-state index in [0.717, 1.165) is 5.56 Å². The highest BCUT2D eigenvalue weighted by Crippen LogP contribution is 2.17. The third kappa shape index (κ3) is 2.25. The molecular formula is C11H9N5O2S. The molecule has 7 nitrogen and oxygen atoms in total. The topological polar surface area (TPSA) is 96.7 Å². The van der Waals surface area contributed by atoms with Crippen LogP contribution in [-0.4, -0.2) is 25.5 Å². The van der Waals surface area contributed by atoms with Gasteiger partial charge in [0.25, 0.3) is 5.91 Å². The van der Waals surface area contributed by atoms with Gasteiger partial charge in [-0.15, -0.1) is 5.10 Å². The second-order valence-electron chi connectivity index (χ2n) is 3.79. The van der Waals surface area contributed by atoms with Gasteiger partial charge < -0.3 is 4.42 Å². The summed E-state index contributed by atoms with van der Waals surface area (Å²) in [6.45, 7) is 1.78. The van der Waals surface area contributed by atoms with Crippen molar-refractivity contribution >= 4 is 23.4 Å². The van der Waals surface area contributed by atoms with E-state index in [0.29, 0.717) is 17.1 Å². The molecule has 0 atom stereocenters. The van der Waals surface area contributed by atoms with Crippen molar-refractivity contribution in [1.82, 2.24) is 19.6 Å². The number of aromatic amines is 1. The summed E-state index contributed by atoms with van der Waals surface area (Å²) < 4.78 is 9.00. The highest BCUT2D eigenvalue weighted by Gasteiger charge is 2.14. The smallest absolute Gasteiger partial charge is 0.260 e. The molecule has 3 aromatic rings. The van der Waals surface area contributed by atoms with Crippen LogP contribution in [0, 0.1) is 6.92 Å². The van der Waals surface area contributed by atoms with Crippen LogP contribution in [0.1, 0.15) is 16.1 Å². The fourth-order valence-corrected chi connectivity index (χ4v) is 2.22. The molecule has 0 saturated heterocycles. The summed E-state index contributed by atoms with van der Waals surface area (Å²) in [5.41, 5.74) is 1.98. The minimum atomic E-state index is -0.274. The number of hydrogen-bond donors (Lipinski definition) is 2. The molecule has 0 spiro atoms. The van der Waals surface area contributed by atoms with Gasteiger partial charge in [0.1, 0.15) is 6.26 Å². The van der Waals surface area contributed by atoms with Gasteiger partial charge in [-0.1, -0.05) is 0 Å². The molecule has 0 radical (unpaired) electrons. The number of carbonyl (C=O) groups is 1. The lowest BCUT2D eigenvalue weighted by Gasteiger charge is -1.97. The third-order valence-electron chi connectivity index (χ3n) is 2.50. The predicted octanol–water partition coefficient (Wildman–Crippen LogP) is 2.08. The second kappa shape index (κ2) is 4.65. The number of aryl methyl sites for hydroxylation is 1. The van der Waals surface area contributed by atoms with Gasteiger partial charge in [0.15, 0.2) is 5.82 Å². The van der Waals surface area contributed by atoms with Gasteiger partial charge in [-0.3, -0.25) is 15.2 Å². The lowest BCUT2D eigenvalue weighted by Crippen LogP contribution is -2.13. The molecule has 3 aromatic heterocycles. The molecule has 0 fully saturated rings. The van der Waals surface area contributed by atoms with Gasteiger partial charge >= 0.3 is 0 Å². The van der Waals surface area contributed by atoms with Crippen molar-refractivity contribution in [3.63, 3.8) is 0 Å². The molecule has 0 aliphatic carbocycles. The molecule has 96 valence electrons. The molecule has 8 heteroatoms. The van der Waals surface area contributed by atoms with Gasteiger partial charge in [0.2, 0.25) is 5.95 Å². The molecule has 1 amide bonds. The van der Waals surface area contributed by atoms with Crippen molar-refractivity contribution in [3.8, 4) is 11.4 Å². The minimum Gasteiger partial charge on any atom is -0.472 e. The summed E-state index contributed by atoms with van der Waals surface area (Å²) in [7, 11) is 0. The van der Waals surface area contributed by atoms with Gasteiger partial charge in [-0.05, 0) is 24.5 Å². The number of rotatable bonds is 3. The van der Waals surface area contributed by atoms with E-state index >= 15 is 0 Å². The highest BCUT2D eigenvalue weighted by molar-refractivity contribution is 7.04. The normalized spacial score (nSPS) is 10.6. The average Bonchev–Trinajstić information content (AvgIpc) is 3.07. The Balaban J connectivity index is 1.78. The minimum absolute atomic E-state index is 0.215. The standard InChI is InChI=1S/C11H9N5O2S/c1-6-8(5-19-16-6)10(17)13-11-12-9(14-15-11)7-2-3-18-4-7/h2-5H,1H3,(H2,12,13,14,15,17). The molecule has 0 unspecified atom stereocenters. The van der Waals surface area contributed by atoms with E-state index in [4.69, 9.17) is 4.42 Å². The van der Waals surface area contributed by atoms with Crippen LogP contribution in [-0.2, 0) is 0 Å². The lowest BCUT2D eigenvalue weighted by molar-refractivity contribution is 0.102.